The minimum absolute atomic E-state index is 0.0985. The number of thioether (sulfide) groups is 1. The van der Waals surface area contributed by atoms with E-state index >= 15 is 0 Å². The van der Waals surface area contributed by atoms with Crippen molar-refractivity contribution in [1.82, 2.24) is 15.2 Å². The quantitative estimate of drug-likeness (QED) is 0.645. The molecule has 1 aromatic rings. The van der Waals surface area contributed by atoms with Crippen LogP contribution >= 0.6 is 11.8 Å². The van der Waals surface area contributed by atoms with Gasteiger partial charge in [0.15, 0.2) is 0 Å². The Kier molecular flexibility index (Phi) is 3.84. The van der Waals surface area contributed by atoms with Gasteiger partial charge in [-0.3, -0.25) is 16.0 Å². The van der Waals surface area contributed by atoms with Crippen molar-refractivity contribution < 1.29 is 4.74 Å². The molecule has 0 amide bonds. The Balaban J connectivity index is 1.78. The van der Waals surface area contributed by atoms with E-state index in [1.54, 1.807) is 0 Å². The summed E-state index contributed by atoms with van der Waals surface area (Å²) in [4.78, 5) is 0. The molecule has 2 fully saturated rings. The Morgan fingerprint density at radius 1 is 1.68 bits per heavy atom. The number of hydrazine groups is 1. The van der Waals surface area contributed by atoms with Crippen LogP contribution in [0.4, 0.5) is 0 Å². The molecule has 0 saturated carbocycles. The Labute approximate surface area is 118 Å². The van der Waals surface area contributed by atoms with E-state index < -0.39 is 0 Å². The maximum atomic E-state index is 6.09. The number of hydrogen-bond acceptors (Lipinski definition) is 5. The van der Waals surface area contributed by atoms with Crippen LogP contribution in [0.5, 0.6) is 0 Å². The molecule has 1 aromatic heterocycles. The van der Waals surface area contributed by atoms with E-state index in [1.807, 2.05) is 29.7 Å². The normalized spacial score (nSPS) is 32.8. The molecule has 19 heavy (non-hydrogen) atoms. The van der Waals surface area contributed by atoms with Crippen LogP contribution in [0, 0.1) is 5.92 Å². The van der Waals surface area contributed by atoms with Crippen LogP contribution in [0.25, 0.3) is 0 Å². The zero-order valence-corrected chi connectivity index (χ0v) is 12.2. The molecule has 2 saturated heterocycles. The molecule has 106 valence electrons. The molecular weight excluding hydrogens is 260 g/mol. The molecule has 0 radical (unpaired) electrons. The van der Waals surface area contributed by atoms with Crippen molar-refractivity contribution in [3.63, 3.8) is 0 Å². The second kappa shape index (κ2) is 5.44. The van der Waals surface area contributed by atoms with Gasteiger partial charge in [-0.2, -0.15) is 16.9 Å². The Morgan fingerprint density at radius 3 is 3.21 bits per heavy atom. The van der Waals surface area contributed by atoms with Crippen LogP contribution in [0.3, 0.4) is 0 Å². The van der Waals surface area contributed by atoms with E-state index in [9.17, 15) is 0 Å². The molecule has 3 N–H and O–H groups in total. The molecule has 6 heteroatoms. The third kappa shape index (κ3) is 2.54. The number of hydrogen-bond donors (Lipinski definition) is 2. The fourth-order valence-corrected chi connectivity index (χ4v) is 4.74. The summed E-state index contributed by atoms with van der Waals surface area (Å²) < 4.78 is 8.00. The summed E-state index contributed by atoms with van der Waals surface area (Å²) in [6.45, 7) is 0.848. The van der Waals surface area contributed by atoms with Crippen molar-refractivity contribution >= 4 is 11.8 Å². The average molecular weight is 282 g/mol. The fourth-order valence-electron chi connectivity index (χ4n) is 3.37. The predicted octanol–water partition coefficient (Wildman–Crippen LogP) is 1.23. The molecule has 0 bridgehead atoms. The molecule has 5 nitrogen and oxygen atoms in total. The zero-order valence-electron chi connectivity index (χ0n) is 11.3. The lowest BCUT2D eigenvalue weighted by Crippen LogP contribution is -2.45. The summed E-state index contributed by atoms with van der Waals surface area (Å²) in [5.41, 5.74) is 4.26. The third-order valence-corrected chi connectivity index (χ3v) is 5.65. The van der Waals surface area contributed by atoms with Gasteiger partial charge in [-0.05, 0) is 37.0 Å². The highest BCUT2D eigenvalue weighted by Gasteiger charge is 2.43. The number of ether oxygens (including phenoxy) is 1. The van der Waals surface area contributed by atoms with Gasteiger partial charge in [0.25, 0.3) is 0 Å². The molecule has 0 aromatic carbocycles. The van der Waals surface area contributed by atoms with Crippen molar-refractivity contribution in [2.75, 3.05) is 18.1 Å². The minimum Gasteiger partial charge on any atom is -0.374 e. The first-order chi connectivity index (χ1) is 9.24. The van der Waals surface area contributed by atoms with Gasteiger partial charge in [-0.1, -0.05) is 0 Å². The molecule has 3 atom stereocenters. The summed E-state index contributed by atoms with van der Waals surface area (Å²) in [5.74, 6) is 8.69. The van der Waals surface area contributed by atoms with Crippen molar-refractivity contribution in [2.45, 2.75) is 30.9 Å². The van der Waals surface area contributed by atoms with E-state index in [0.717, 1.165) is 30.9 Å². The van der Waals surface area contributed by atoms with Crippen molar-refractivity contribution in [3.05, 3.63) is 18.0 Å². The molecule has 3 heterocycles. The summed E-state index contributed by atoms with van der Waals surface area (Å²) in [7, 11) is 1.97. The minimum atomic E-state index is 0.0985. The van der Waals surface area contributed by atoms with Crippen LogP contribution in [0.1, 0.15) is 31.0 Å². The van der Waals surface area contributed by atoms with Gasteiger partial charge in [0, 0.05) is 25.6 Å². The van der Waals surface area contributed by atoms with Gasteiger partial charge >= 0.3 is 0 Å². The molecule has 3 rings (SSSR count). The third-order valence-electron chi connectivity index (χ3n) is 4.43. The first-order valence-electron chi connectivity index (χ1n) is 6.90. The monoisotopic (exact) mass is 282 g/mol. The summed E-state index contributed by atoms with van der Waals surface area (Å²) in [6, 6.07) is 2.22. The summed E-state index contributed by atoms with van der Waals surface area (Å²) in [6.07, 6.45) is 5.17. The van der Waals surface area contributed by atoms with Crippen molar-refractivity contribution in [2.24, 2.45) is 18.8 Å². The van der Waals surface area contributed by atoms with Gasteiger partial charge in [-0.15, -0.1) is 0 Å². The van der Waals surface area contributed by atoms with Crippen molar-refractivity contribution in [1.29, 1.82) is 0 Å². The topological polar surface area (TPSA) is 65.1 Å². The molecule has 0 aliphatic carbocycles. The Bertz CT molecular complexity index is 430. The Morgan fingerprint density at radius 2 is 2.58 bits per heavy atom. The summed E-state index contributed by atoms with van der Waals surface area (Å²) in [5, 5.41) is 4.26. The lowest BCUT2D eigenvalue weighted by atomic mass is 9.80. The Hall–Kier alpha value is -0.560. The lowest BCUT2D eigenvalue weighted by Gasteiger charge is -2.40. The maximum absolute atomic E-state index is 6.09. The highest BCUT2D eigenvalue weighted by Crippen LogP contribution is 2.43. The predicted molar refractivity (Wildman–Crippen MR) is 76.6 cm³/mol. The molecular formula is C13H22N4OS. The van der Waals surface area contributed by atoms with Gasteiger partial charge < -0.3 is 4.74 Å². The van der Waals surface area contributed by atoms with E-state index in [-0.39, 0.29) is 11.6 Å². The van der Waals surface area contributed by atoms with Crippen LogP contribution < -0.4 is 11.3 Å². The smallest absolute Gasteiger partial charge is 0.0783 e. The van der Waals surface area contributed by atoms with Crippen LogP contribution in [-0.4, -0.2) is 33.5 Å². The second-order valence-electron chi connectivity index (χ2n) is 5.61. The first kappa shape index (κ1) is 13.4. The standard InChI is InChI=1S/C13H22N4OS/c1-17-11(2-5-15-17)12(16-14)10-3-6-18-13(8-10)4-7-19-9-13/h2,5,10,12,16H,3-4,6-9,14H2,1H3. The van der Waals surface area contributed by atoms with E-state index in [4.69, 9.17) is 10.6 Å². The van der Waals surface area contributed by atoms with Crippen LogP contribution in [0.2, 0.25) is 0 Å². The number of nitrogens with one attached hydrogen (secondary N) is 1. The number of aryl methyl sites for hydroxylation is 1. The van der Waals surface area contributed by atoms with Gasteiger partial charge in [0.1, 0.15) is 0 Å². The van der Waals surface area contributed by atoms with E-state index in [1.165, 1.54) is 12.2 Å². The lowest BCUT2D eigenvalue weighted by molar-refractivity contribution is -0.0858. The van der Waals surface area contributed by atoms with Crippen molar-refractivity contribution in [3.8, 4) is 0 Å². The molecule has 2 aliphatic heterocycles. The van der Waals surface area contributed by atoms with Gasteiger partial charge in [0.05, 0.1) is 17.3 Å². The molecule has 2 aliphatic rings. The largest absolute Gasteiger partial charge is 0.374 e. The second-order valence-corrected chi connectivity index (χ2v) is 6.72. The first-order valence-corrected chi connectivity index (χ1v) is 8.05. The highest BCUT2D eigenvalue weighted by atomic mass is 32.2. The fraction of sp³-hybridized carbons (Fsp3) is 0.769. The van der Waals surface area contributed by atoms with E-state index in [2.05, 4.69) is 16.6 Å². The van der Waals surface area contributed by atoms with Crippen LogP contribution in [0.15, 0.2) is 12.3 Å². The number of nitrogens with zero attached hydrogens (tertiary/aromatic N) is 2. The van der Waals surface area contributed by atoms with Crippen LogP contribution in [-0.2, 0) is 11.8 Å². The number of aromatic nitrogens is 2. The highest BCUT2D eigenvalue weighted by molar-refractivity contribution is 7.99. The number of rotatable bonds is 3. The molecule has 1 spiro atoms. The van der Waals surface area contributed by atoms with Gasteiger partial charge in [-0.25, -0.2) is 0 Å². The molecule has 3 unspecified atom stereocenters. The summed E-state index contributed by atoms with van der Waals surface area (Å²) >= 11 is 2.01. The SMILES string of the molecule is Cn1nccc1C(NN)C1CCOC2(CCSC2)C1. The number of nitrogens with two attached hydrogens (primary N) is 1. The van der Waals surface area contributed by atoms with E-state index in [0.29, 0.717) is 5.92 Å². The average Bonchev–Trinajstić information content (AvgIpc) is 3.02. The maximum Gasteiger partial charge on any atom is 0.0783 e. The zero-order chi connectivity index (χ0) is 13.3. The van der Waals surface area contributed by atoms with Gasteiger partial charge in [0.2, 0.25) is 0 Å².